The average molecular weight is 270 g/mol. The van der Waals surface area contributed by atoms with E-state index in [9.17, 15) is 4.39 Å². The second-order valence-electron chi connectivity index (χ2n) is 3.84. The Morgan fingerprint density at radius 1 is 1.41 bits per heavy atom. The fourth-order valence-electron chi connectivity index (χ4n) is 1.78. The van der Waals surface area contributed by atoms with E-state index < -0.39 is 0 Å². The zero-order valence-electron chi connectivity index (χ0n) is 9.41. The van der Waals surface area contributed by atoms with Crippen LogP contribution >= 0.6 is 22.9 Å². The largest absolute Gasteiger partial charge is 0.313 e. The predicted molar refractivity (Wildman–Crippen MR) is 71.2 cm³/mol. The van der Waals surface area contributed by atoms with Crippen LogP contribution in [-0.4, -0.2) is 7.05 Å². The van der Waals surface area contributed by atoms with Crippen molar-refractivity contribution in [3.8, 4) is 0 Å². The number of halogens is 2. The van der Waals surface area contributed by atoms with E-state index in [-0.39, 0.29) is 11.9 Å². The molecule has 90 valence electrons. The van der Waals surface area contributed by atoms with Gasteiger partial charge in [0.2, 0.25) is 0 Å². The third-order valence-electron chi connectivity index (χ3n) is 2.73. The Bertz CT molecular complexity index is 484. The van der Waals surface area contributed by atoms with Crippen molar-refractivity contribution in [1.29, 1.82) is 0 Å². The summed E-state index contributed by atoms with van der Waals surface area (Å²) in [5, 5.41) is 7.96. The van der Waals surface area contributed by atoms with Crippen molar-refractivity contribution < 1.29 is 4.39 Å². The van der Waals surface area contributed by atoms with Crippen molar-refractivity contribution in [2.45, 2.75) is 12.5 Å². The average Bonchev–Trinajstić information content (AvgIpc) is 2.84. The molecule has 0 aliphatic rings. The van der Waals surface area contributed by atoms with E-state index in [1.165, 1.54) is 17.7 Å². The summed E-state index contributed by atoms with van der Waals surface area (Å²) in [7, 11) is 1.90. The highest BCUT2D eigenvalue weighted by molar-refractivity contribution is 7.07. The maximum absolute atomic E-state index is 13.2. The smallest absolute Gasteiger partial charge is 0.123 e. The second-order valence-corrected chi connectivity index (χ2v) is 5.03. The molecular formula is C13H13ClFNS. The van der Waals surface area contributed by atoms with Crippen LogP contribution in [0.4, 0.5) is 4.39 Å². The molecule has 1 N–H and O–H groups in total. The Morgan fingerprint density at radius 2 is 2.24 bits per heavy atom. The fraction of sp³-hybridized carbons (Fsp3) is 0.231. The van der Waals surface area contributed by atoms with E-state index in [1.54, 1.807) is 17.4 Å². The maximum atomic E-state index is 13.2. The van der Waals surface area contributed by atoms with Crippen LogP contribution in [-0.2, 0) is 6.42 Å². The molecule has 1 heterocycles. The van der Waals surface area contributed by atoms with Gasteiger partial charge in [-0.05, 0) is 59.6 Å². The van der Waals surface area contributed by atoms with Gasteiger partial charge in [-0.2, -0.15) is 11.3 Å². The van der Waals surface area contributed by atoms with Crippen LogP contribution in [0.2, 0.25) is 5.02 Å². The van der Waals surface area contributed by atoms with Crippen LogP contribution in [0.1, 0.15) is 17.2 Å². The number of likely N-dealkylation sites (N-methyl/N-ethyl adjacent to an activating group) is 1. The first-order valence-electron chi connectivity index (χ1n) is 5.34. The van der Waals surface area contributed by atoms with Gasteiger partial charge in [-0.15, -0.1) is 0 Å². The van der Waals surface area contributed by atoms with Gasteiger partial charge in [0.1, 0.15) is 5.82 Å². The van der Waals surface area contributed by atoms with Gasteiger partial charge in [0.15, 0.2) is 0 Å². The first kappa shape index (κ1) is 12.6. The summed E-state index contributed by atoms with van der Waals surface area (Å²) in [6.45, 7) is 0. The molecule has 1 unspecified atom stereocenters. The Labute approximate surface area is 109 Å². The number of rotatable bonds is 4. The summed E-state index contributed by atoms with van der Waals surface area (Å²) in [6.07, 6.45) is 0.684. The highest BCUT2D eigenvalue weighted by atomic mass is 35.5. The van der Waals surface area contributed by atoms with Crippen molar-refractivity contribution in [2.24, 2.45) is 0 Å². The van der Waals surface area contributed by atoms with Gasteiger partial charge in [-0.25, -0.2) is 4.39 Å². The van der Waals surface area contributed by atoms with Crippen molar-refractivity contribution >= 4 is 22.9 Å². The van der Waals surface area contributed by atoms with E-state index in [2.05, 4.69) is 16.8 Å². The first-order valence-corrected chi connectivity index (χ1v) is 6.66. The van der Waals surface area contributed by atoms with Gasteiger partial charge in [0.25, 0.3) is 0 Å². The first-order chi connectivity index (χ1) is 8.20. The molecule has 0 saturated carbocycles. The molecule has 1 atom stereocenters. The van der Waals surface area contributed by atoms with Gasteiger partial charge < -0.3 is 5.32 Å². The molecule has 0 amide bonds. The lowest BCUT2D eigenvalue weighted by Crippen LogP contribution is -2.18. The number of hydrogen-bond donors (Lipinski definition) is 1. The number of nitrogens with one attached hydrogen (secondary N) is 1. The van der Waals surface area contributed by atoms with Crippen LogP contribution in [0.3, 0.4) is 0 Å². The van der Waals surface area contributed by atoms with Crippen LogP contribution in [0.15, 0.2) is 35.0 Å². The molecule has 2 aromatic rings. The van der Waals surface area contributed by atoms with Crippen molar-refractivity contribution in [1.82, 2.24) is 5.32 Å². The lowest BCUT2D eigenvalue weighted by atomic mass is 10.0. The van der Waals surface area contributed by atoms with Gasteiger partial charge in [-0.1, -0.05) is 11.6 Å². The minimum Gasteiger partial charge on any atom is -0.313 e. The molecule has 0 radical (unpaired) electrons. The Kier molecular flexibility index (Phi) is 4.15. The summed E-state index contributed by atoms with van der Waals surface area (Å²) in [4.78, 5) is 0. The molecule has 17 heavy (non-hydrogen) atoms. The molecule has 2 rings (SSSR count). The third-order valence-corrected chi connectivity index (χ3v) is 3.80. The molecule has 0 bridgehead atoms. The molecular weight excluding hydrogens is 257 g/mol. The molecule has 0 aliphatic heterocycles. The Morgan fingerprint density at radius 3 is 2.88 bits per heavy atom. The normalized spacial score (nSPS) is 12.6. The van der Waals surface area contributed by atoms with Gasteiger partial charge in [-0.3, -0.25) is 0 Å². The van der Waals surface area contributed by atoms with E-state index in [0.717, 1.165) is 5.56 Å². The molecule has 0 aliphatic carbocycles. The zero-order chi connectivity index (χ0) is 12.3. The van der Waals surface area contributed by atoms with E-state index in [1.807, 2.05) is 12.4 Å². The highest BCUT2D eigenvalue weighted by Gasteiger charge is 2.13. The van der Waals surface area contributed by atoms with Crippen LogP contribution in [0.5, 0.6) is 0 Å². The van der Waals surface area contributed by atoms with Crippen LogP contribution < -0.4 is 5.32 Å². The molecule has 0 fully saturated rings. The zero-order valence-corrected chi connectivity index (χ0v) is 11.0. The summed E-state index contributed by atoms with van der Waals surface area (Å²) >= 11 is 7.72. The van der Waals surface area contributed by atoms with E-state index in [0.29, 0.717) is 11.4 Å². The molecule has 4 heteroatoms. The summed E-state index contributed by atoms with van der Waals surface area (Å²) in [6, 6.07) is 6.72. The fourth-order valence-corrected chi connectivity index (χ4v) is 2.69. The highest BCUT2D eigenvalue weighted by Crippen LogP contribution is 2.25. The number of benzene rings is 1. The Balaban J connectivity index is 2.21. The minimum absolute atomic E-state index is 0.167. The van der Waals surface area contributed by atoms with E-state index >= 15 is 0 Å². The monoisotopic (exact) mass is 269 g/mol. The molecule has 1 nitrogen and oxygen atoms in total. The molecule has 0 saturated heterocycles. The van der Waals surface area contributed by atoms with Crippen molar-refractivity contribution in [3.05, 3.63) is 57.0 Å². The van der Waals surface area contributed by atoms with Crippen molar-refractivity contribution in [2.75, 3.05) is 7.05 Å². The summed E-state index contributed by atoms with van der Waals surface area (Å²) in [5.74, 6) is -0.246. The predicted octanol–water partition coefficient (Wildman–Crippen LogP) is 4.04. The molecule has 1 aromatic carbocycles. The SMILES string of the molecule is CNC(Cc1cc(F)ccc1Cl)c1ccsc1. The van der Waals surface area contributed by atoms with Crippen LogP contribution in [0.25, 0.3) is 0 Å². The van der Waals surface area contributed by atoms with Gasteiger partial charge >= 0.3 is 0 Å². The third kappa shape index (κ3) is 3.06. The summed E-state index contributed by atoms with van der Waals surface area (Å²) < 4.78 is 13.2. The Hall–Kier alpha value is -0.900. The molecule has 1 aromatic heterocycles. The topological polar surface area (TPSA) is 12.0 Å². The standard InChI is InChI=1S/C13H13ClFNS/c1-16-13(9-4-5-17-8-9)7-10-6-11(15)2-3-12(10)14/h2-6,8,13,16H,7H2,1H3. The maximum Gasteiger partial charge on any atom is 0.123 e. The van der Waals surface area contributed by atoms with Gasteiger partial charge in [0, 0.05) is 11.1 Å². The second kappa shape index (κ2) is 5.63. The number of hydrogen-bond acceptors (Lipinski definition) is 2. The van der Waals surface area contributed by atoms with Gasteiger partial charge in [0.05, 0.1) is 0 Å². The number of thiophene rings is 1. The van der Waals surface area contributed by atoms with Crippen molar-refractivity contribution in [3.63, 3.8) is 0 Å². The lowest BCUT2D eigenvalue weighted by molar-refractivity contribution is 0.586. The lowest BCUT2D eigenvalue weighted by Gasteiger charge is -2.16. The van der Waals surface area contributed by atoms with E-state index in [4.69, 9.17) is 11.6 Å². The molecule has 0 spiro atoms. The van der Waals surface area contributed by atoms with Crippen LogP contribution in [0, 0.1) is 5.82 Å². The quantitative estimate of drug-likeness (QED) is 0.883. The summed E-state index contributed by atoms with van der Waals surface area (Å²) in [5.41, 5.74) is 2.04. The minimum atomic E-state index is -0.246.